The van der Waals surface area contributed by atoms with Gasteiger partial charge >= 0.3 is 5.97 Å². The van der Waals surface area contributed by atoms with Crippen molar-refractivity contribution in [1.29, 1.82) is 0 Å². The molecule has 0 saturated carbocycles. The first-order valence-electron chi connectivity index (χ1n) is 5.25. The summed E-state index contributed by atoms with van der Waals surface area (Å²) in [6, 6.07) is 8.14. The van der Waals surface area contributed by atoms with E-state index in [1.165, 1.54) is 12.0 Å². The second kappa shape index (κ2) is 4.78. The van der Waals surface area contributed by atoms with E-state index < -0.39 is 0 Å². The lowest BCUT2D eigenvalue weighted by molar-refractivity contribution is -0.143. The van der Waals surface area contributed by atoms with Crippen molar-refractivity contribution in [2.75, 3.05) is 24.8 Å². The molecule has 0 bridgehead atoms. The Morgan fingerprint density at radius 1 is 1.56 bits per heavy atom. The van der Waals surface area contributed by atoms with Gasteiger partial charge in [0, 0.05) is 17.1 Å². The third-order valence-corrected chi connectivity index (χ3v) is 3.60. The van der Waals surface area contributed by atoms with Crippen molar-refractivity contribution in [2.45, 2.75) is 17.4 Å². The Hall–Kier alpha value is -1.16. The van der Waals surface area contributed by atoms with E-state index in [9.17, 15) is 4.79 Å². The van der Waals surface area contributed by atoms with Gasteiger partial charge in [-0.05, 0) is 30.9 Å². The summed E-state index contributed by atoms with van der Waals surface area (Å²) < 4.78 is 4.78. The van der Waals surface area contributed by atoms with Crippen LogP contribution in [0.2, 0.25) is 0 Å². The maximum Gasteiger partial charge on any atom is 0.328 e. The lowest BCUT2D eigenvalue weighted by Gasteiger charge is -2.40. The molecule has 0 aliphatic carbocycles. The van der Waals surface area contributed by atoms with Crippen LogP contribution >= 0.6 is 11.8 Å². The van der Waals surface area contributed by atoms with Crippen molar-refractivity contribution in [3.8, 4) is 0 Å². The Balaban J connectivity index is 2.15. The van der Waals surface area contributed by atoms with Crippen LogP contribution in [0.1, 0.15) is 6.42 Å². The fraction of sp³-hybridized carbons (Fsp3) is 0.417. The molecular weight excluding hydrogens is 222 g/mol. The zero-order chi connectivity index (χ0) is 11.5. The number of rotatable bonds is 3. The molecule has 1 aliphatic heterocycles. The number of hydrogen-bond donors (Lipinski definition) is 0. The number of anilines is 1. The number of hydrogen-bond acceptors (Lipinski definition) is 4. The zero-order valence-electron chi connectivity index (χ0n) is 9.47. The Labute approximate surface area is 99.8 Å². The SMILES string of the molecule is COC(=O)C1CCN1c1cccc(SC)c1. The van der Waals surface area contributed by atoms with Crippen LogP contribution in [0.15, 0.2) is 29.2 Å². The smallest absolute Gasteiger partial charge is 0.328 e. The van der Waals surface area contributed by atoms with E-state index in [0.29, 0.717) is 0 Å². The third-order valence-electron chi connectivity index (χ3n) is 2.88. The topological polar surface area (TPSA) is 29.5 Å². The predicted molar refractivity (Wildman–Crippen MR) is 66.0 cm³/mol. The summed E-state index contributed by atoms with van der Waals surface area (Å²) >= 11 is 1.71. The number of methoxy groups -OCH3 is 1. The van der Waals surface area contributed by atoms with Crippen molar-refractivity contribution >= 4 is 23.4 Å². The van der Waals surface area contributed by atoms with Gasteiger partial charge in [0.1, 0.15) is 6.04 Å². The average molecular weight is 237 g/mol. The Morgan fingerprint density at radius 3 is 2.94 bits per heavy atom. The summed E-state index contributed by atoms with van der Waals surface area (Å²) in [5.41, 5.74) is 1.11. The van der Waals surface area contributed by atoms with Crippen LogP contribution in [-0.2, 0) is 9.53 Å². The lowest BCUT2D eigenvalue weighted by atomic mass is 10.0. The van der Waals surface area contributed by atoms with Gasteiger partial charge in [-0.25, -0.2) is 4.79 Å². The standard InChI is InChI=1S/C12H15NO2S/c1-15-12(14)11-6-7-13(11)9-4-3-5-10(8-9)16-2/h3-5,8,11H,6-7H2,1-2H3. The molecule has 1 aromatic rings. The second-order valence-electron chi connectivity index (χ2n) is 3.72. The normalized spacial score (nSPS) is 19.1. The molecule has 3 nitrogen and oxygen atoms in total. The predicted octanol–water partition coefficient (Wildman–Crippen LogP) is 2.16. The number of nitrogens with zero attached hydrogens (tertiary/aromatic N) is 1. The highest BCUT2D eigenvalue weighted by atomic mass is 32.2. The van der Waals surface area contributed by atoms with Crippen LogP contribution in [0.4, 0.5) is 5.69 Å². The van der Waals surface area contributed by atoms with E-state index >= 15 is 0 Å². The van der Waals surface area contributed by atoms with Gasteiger partial charge < -0.3 is 9.64 Å². The van der Waals surface area contributed by atoms with Gasteiger partial charge in [-0.1, -0.05) is 6.07 Å². The van der Waals surface area contributed by atoms with Crippen LogP contribution in [-0.4, -0.2) is 31.9 Å². The first kappa shape index (κ1) is 11.3. The molecule has 0 radical (unpaired) electrons. The van der Waals surface area contributed by atoms with E-state index in [1.54, 1.807) is 11.8 Å². The molecule has 1 heterocycles. The molecule has 1 aliphatic rings. The van der Waals surface area contributed by atoms with Gasteiger partial charge in [0.05, 0.1) is 7.11 Å². The van der Waals surface area contributed by atoms with Crippen molar-refractivity contribution in [3.63, 3.8) is 0 Å². The molecule has 1 unspecified atom stereocenters. The van der Waals surface area contributed by atoms with E-state index in [2.05, 4.69) is 17.0 Å². The first-order chi connectivity index (χ1) is 7.76. The molecule has 1 fully saturated rings. The van der Waals surface area contributed by atoms with Crippen molar-refractivity contribution in [3.05, 3.63) is 24.3 Å². The van der Waals surface area contributed by atoms with Crippen LogP contribution in [0.3, 0.4) is 0 Å². The maximum atomic E-state index is 11.5. The number of benzene rings is 1. The zero-order valence-corrected chi connectivity index (χ0v) is 10.3. The fourth-order valence-corrected chi connectivity index (χ4v) is 2.32. The highest BCUT2D eigenvalue weighted by Gasteiger charge is 2.35. The van der Waals surface area contributed by atoms with E-state index in [0.717, 1.165) is 18.7 Å². The average Bonchev–Trinajstić information content (AvgIpc) is 2.27. The second-order valence-corrected chi connectivity index (χ2v) is 4.60. The van der Waals surface area contributed by atoms with Crippen LogP contribution in [0.5, 0.6) is 0 Å². The molecule has 16 heavy (non-hydrogen) atoms. The first-order valence-corrected chi connectivity index (χ1v) is 6.47. The van der Waals surface area contributed by atoms with E-state index in [-0.39, 0.29) is 12.0 Å². The molecule has 4 heteroatoms. The van der Waals surface area contributed by atoms with Crippen LogP contribution in [0, 0.1) is 0 Å². The van der Waals surface area contributed by atoms with Crippen molar-refractivity contribution in [1.82, 2.24) is 0 Å². The van der Waals surface area contributed by atoms with Crippen LogP contribution < -0.4 is 4.90 Å². The molecule has 0 amide bonds. The molecule has 2 rings (SSSR count). The molecule has 1 aromatic carbocycles. The van der Waals surface area contributed by atoms with Crippen molar-refractivity contribution < 1.29 is 9.53 Å². The van der Waals surface area contributed by atoms with Gasteiger partial charge in [0.2, 0.25) is 0 Å². The monoisotopic (exact) mass is 237 g/mol. The highest BCUT2D eigenvalue weighted by Crippen LogP contribution is 2.29. The Morgan fingerprint density at radius 2 is 2.38 bits per heavy atom. The summed E-state index contributed by atoms with van der Waals surface area (Å²) in [5, 5.41) is 0. The summed E-state index contributed by atoms with van der Waals surface area (Å²) in [7, 11) is 1.44. The quantitative estimate of drug-likeness (QED) is 0.595. The van der Waals surface area contributed by atoms with Crippen LogP contribution in [0.25, 0.3) is 0 Å². The number of ether oxygens (including phenoxy) is 1. The molecule has 1 saturated heterocycles. The Bertz CT molecular complexity index is 394. The summed E-state index contributed by atoms with van der Waals surface area (Å²) in [6.07, 6.45) is 2.93. The van der Waals surface area contributed by atoms with Gasteiger partial charge in [-0.3, -0.25) is 0 Å². The van der Waals surface area contributed by atoms with Gasteiger partial charge in [0.15, 0.2) is 0 Å². The van der Waals surface area contributed by atoms with E-state index in [4.69, 9.17) is 4.74 Å². The Kier molecular flexibility index (Phi) is 3.39. The fourth-order valence-electron chi connectivity index (χ4n) is 1.87. The minimum absolute atomic E-state index is 0.0953. The largest absolute Gasteiger partial charge is 0.467 e. The molecular formula is C12H15NO2S. The minimum Gasteiger partial charge on any atom is -0.467 e. The maximum absolute atomic E-state index is 11.5. The number of thioether (sulfide) groups is 1. The highest BCUT2D eigenvalue weighted by molar-refractivity contribution is 7.98. The number of carbonyl (C=O) groups excluding carboxylic acids is 1. The molecule has 1 atom stereocenters. The number of esters is 1. The summed E-state index contributed by atoms with van der Waals surface area (Å²) in [5.74, 6) is -0.138. The summed E-state index contributed by atoms with van der Waals surface area (Å²) in [6.45, 7) is 0.928. The van der Waals surface area contributed by atoms with Gasteiger partial charge in [-0.15, -0.1) is 11.8 Å². The number of carbonyl (C=O) groups is 1. The lowest BCUT2D eigenvalue weighted by Crippen LogP contribution is -2.53. The third kappa shape index (κ3) is 2.02. The van der Waals surface area contributed by atoms with E-state index in [1.807, 2.05) is 18.4 Å². The van der Waals surface area contributed by atoms with Gasteiger partial charge in [-0.2, -0.15) is 0 Å². The minimum atomic E-state index is -0.138. The van der Waals surface area contributed by atoms with Crippen molar-refractivity contribution in [2.24, 2.45) is 0 Å². The molecule has 0 aromatic heterocycles. The molecule has 86 valence electrons. The molecule has 0 spiro atoms. The summed E-state index contributed by atoms with van der Waals surface area (Å²) in [4.78, 5) is 14.8. The van der Waals surface area contributed by atoms with Gasteiger partial charge in [0.25, 0.3) is 0 Å². The molecule has 0 N–H and O–H groups in total.